The molecule has 5 nitrogen and oxygen atoms in total. The lowest BCUT2D eigenvalue weighted by molar-refractivity contribution is 0.0907. The van der Waals surface area contributed by atoms with Crippen molar-refractivity contribution in [3.05, 3.63) is 0 Å². The fourth-order valence-electron chi connectivity index (χ4n) is 0.313. The Bertz CT molecular complexity index is 164. The molecule has 0 aromatic heterocycles. The fraction of sp³-hybridized carbons (Fsp3) is 1.00. The molecule has 0 aromatic carbocycles. The first-order chi connectivity index (χ1) is 4.77. The van der Waals surface area contributed by atoms with E-state index < -0.39 is 13.2 Å². The zero-order valence-corrected chi connectivity index (χ0v) is 7.54. The van der Waals surface area contributed by atoms with Gasteiger partial charge < -0.3 is 10.00 Å². The summed E-state index contributed by atoms with van der Waals surface area (Å²) in [4.78, 5) is 8.51. The molecule has 0 radical (unpaired) electrons. The van der Waals surface area contributed by atoms with Crippen LogP contribution >= 0.6 is 7.75 Å². The minimum atomic E-state index is -3.89. The second kappa shape index (κ2) is 3.65. The average Bonchev–Trinajstić information content (AvgIpc) is 1.83. The second-order valence-corrected chi connectivity index (χ2v) is 4.55. The van der Waals surface area contributed by atoms with E-state index in [0.717, 1.165) is 0 Å². The van der Waals surface area contributed by atoms with Crippen LogP contribution in [-0.2, 0) is 9.09 Å². The average molecular weight is 183 g/mol. The molecule has 6 heteroatoms. The highest BCUT2D eigenvalue weighted by molar-refractivity contribution is 7.50. The Kier molecular flexibility index (Phi) is 3.67. The van der Waals surface area contributed by atoms with Gasteiger partial charge in [-0.1, -0.05) is 13.8 Å². The number of hydrogen-bond donors (Lipinski definition) is 3. The summed E-state index contributed by atoms with van der Waals surface area (Å²) in [5.74, 6) is 0. The summed E-state index contributed by atoms with van der Waals surface area (Å²) < 4.78 is 14.8. The maximum Gasteiger partial charge on any atom is 0.400 e. The standard InChI is InChI=1S/C5H14NO4P/c1-5(2,3-7)4-10-11(6,8)9/h7H,3-4H2,1-2H3,(H3,6,8,9). The van der Waals surface area contributed by atoms with Crippen LogP contribution < -0.4 is 5.50 Å². The molecule has 0 rings (SSSR count). The normalized spacial score (nSPS) is 17.9. The Morgan fingerprint density at radius 1 is 1.64 bits per heavy atom. The van der Waals surface area contributed by atoms with Crippen molar-refractivity contribution < 1.29 is 19.1 Å². The van der Waals surface area contributed by atoms with E-state index in [4.69, 9.17) is 15.5 Å². The van der Waals surface area contributed by atoms with Crippen molar-refractivity contribution in [2.45, 2.75) is 13.8 Å². The Labute approximate surface area is 65.8 Å². The van der Waals surface area contributed by atoms with E-state index in [1.54, 1.807) is 13.8 Å². The first-order valence-electron chi connectivity index (χ1n) is 3.14. The molecule has 0 spiro atoms. The van der Waals surface area contributed by atoms with Crippen LogP contribution in [0.25, 0.3) is 0 Å². The van der Waals surface area contributed by atoms with Gasteiger partial charge in [0, 0.05) is 5.41 Å². The van der Waals surface area contributed by atoms with E-state index in [1.165, 1.54) is 0 Å². The zero-order chi connectivity index (χ0) is 9.12. The topological polar surface area (TPSA) is 92.8 Å². The highest BCUT2D eigenvalue weighted by Gasteiger charge is 2.21. The molecule has 0 saturated carbocycles. The minimum Gasteiger partial charge on any atom is -0.396 e. The van der Waals surface area contributed by atoms with Gasteiger partial charge in [-0.25, -0.2) is 10.1 Å². The van der Waals surface area contributed by atoms with Gasteiger partial charge in [0.15, 0.2) is 0 Å². The van der Waals surface area contributed by atoms with Gasteiger partial charge >= 0.3 is 7.75 Å². The summed E-state index contributed by atoms with van der Waals surface area (Å²) in [5, 5.41) is 8.70. The van der Waals surface area contributed by atoms with Gasteiger partial charge in [0.2, 0.25) is 0 Å². The minimum absolute atomic E-state index is 0.0340. The monoisotopic (exact) mass is 183 g/mol. The highest BCUT2D eigenvalue weighted by Crippen LogP contribution is 2.33. The molecule has 68 valence electrons. The molecule has 0 aliphatic heterocycles. The third-order valence-corrected chi connectivity index (χ3v) is 1.57. The SMILES string of the molecule is CC(C)(CO)COP(N)(=O)O. The predicted octanol–water partition coefficient (Wildman–Crippen LogP) is 0.0806. The summed E-state index contributed by atoms with van der Waals surface area (Å²) in [7, 11) is -3.89. The number of rotatable bonds is 4. The molecule has 0 aliphatic rings. The molecule has 1 unspecified atom stereocenters. The lowest BCUT2D eigenvalue weighted by atomic mass is 9.97. The largest absolute Gasteiger partial charge is 0.400 e. The Morgan fingerprint density at radius 3 is 2.36 bits per heavy atom. The lowest BCUT2D eigenvalue weighted by Gasteiger charge is -2.21. The molecule has 0 aromatic rings. The van der Waals surface area contributed by atoms with E-state index in [9.17, 15) is 4.57 Å². The van der Waals surface area contributed by atoms with Gasteiger partial charge in [-0.3, -0.25) is 4.52 Å². The van der Waals surface area contributed by atoms with Crippen LogP contribution in [0.15, 0.2) is 0 Å². The number of nitrogens with two attached hydrogens (primary N) is 1. The van der Waals surface area contributed by atoms with Crippen molar-refractivity contribution >= 4 is 7.75 Å². The van der Waals surface area contributed by atoms with E-state index >= 15 is 0 Å². The first kappa shape index (κ1) is 11.1. The third-order valence-electron chi connectivity index (χ3n) is 1.07. The summed E-state index contributed by atoms with van der Waals surface area (Å²) in [6.45, 7) is 3.24. The molecule has 4 N–H and O–H groups in total. The smallest absolute Gasteiger partial charge is 0.396 e. The van der Waals surface area contributed by atoms with Gasteiger partial charge in [0.05, 0.1) is 13.2 Å². The second-order valence-electron chi connectivity index (χ2n) is 3.16. The van der Waals surface area contributed by atoms with Gasteiger partial charge in [0.1, 0.15) is 0 Å². The number of aliphatic hydroxyl groups is 1. The predicted molar refractivity (Wildman–Crippen MR) is 40.8 cm³/mol. The Balaban J connectivity index is 3.80. The highest BCUT2D eigenvalue weighted by atomic mass is 31.2. The van der Waals surface area contributed by atoms with Crippen molar-refractivity contribution in [1.82, 2.24) is 0 Å². The molecule has 11 heavy (non-hydrogen) atoms. The molecule has 0 amide bonds. The Hall–Kier alpha value is 0.0700. The molecule has 0 bridgehead atoms. The van der Waals surface area contributed by atoms with Crippen LogP contribution in [0.4, 0.5) is 0 Å². The summed E-state index contributed by atoms with van der Waals surface area (Å²) in [6.07, 6.45) is 0. The van der Waals surface area contributed by atoms with E-state index in [-0.39, 0.29) is 13.2 Å². The van der Waals surface area contributed by atoms with Gasteiger partial charge in [-0.15, -0.1) is 0 Å². The van der Waals surface area contributed by atoms with E-state index in [2.05, 4.69) is 4.52 Å². The molecule has 0 aliphatic carbocycles. The van der Waals surface area contributed by atoms with Crippen molar-refractivity contribution in [3.63, 3.8) is 0 Å². The number of aliphatic hydroxyl groups excluding tert-OH is 1. The lowest BCUT2D eigenvalue weighted by Crippen LogP contribution is -2.23. The van der Waals surface area contributed by atoms with Crippen LogP contribution in [-0.4, -0.2) is 23.2 Å². The van der Waals surface area contributed by atoms with E-state index in [1.807, 2.05) is 0 Å². The van der Waals surface area contributed by atoms with Crippen LogP contribution in [0.2, 0.25) is 0 Å². The molecular formula is C5H14NO4P. The zero-order valence-electron chi connectivity index (χ0n) is 6.65. The van der Waals surface area contributed by atoms with Gasteiger partial charge in [-0.2, -0.15) is 0 Å². The van der Waals surface area contributed by atoms with Crippen LogP contribution in [0, 0.1) is 5.41 Å². The van der Waals surface area contributed by atoms with Crippen molar-refractivity contribution in [2.24, 2.45) is 10.9 Å². The first-order valence-corrected chi connectivity index (χ1v) is 4.78. The Morgan fingerprint density at radius 2 is 2.09 bits per heavy atom. The van der Waals surface area contributed by atoms with Crippen LogP contribution in [0.5, 0.6) is 0 Å². The van der Waals surface area contributed by atoms with Crippen LogP contribution in [0.3, 0.4) is 0 Å². The fourth-order valence-corrected chi connectivity index (χ4v) is 0.847. The van der Waals surface area contributed by atoms with Crippen molar-refractivity contribution in [3.8, 4) is 0 Å². The molecule has 0 saturated heterocycles. The summed E-state index contributed by atoms with van der Waals surface area (Å²) in [6, 6.07) is 0. The third kappa shape index (κ3) is 6.47. The number of hydrogen-bond acceptors (Lipinski definition) is 3. The van der Waals surface area contributed by atoms with Crippen molar-refractivity contribution in [2.75, 3.05) is 13.2 Å². The molecule has 1 atom stereocenters. The summed E-state index contributed by atoms with van der Waals surface area (Å²) in [5.41, 5.74) is 4.17. The quantitative estimate of drug-likeness (QED) is 0.537. The molecular weight excluding hydrogens is 169 g/mol. The van der Waals surface area contributed by atoms with E-state index in [0.29, 0.717) is 0 Å². The van der Waals surface area contributed by atoms with Crippen molar-refractivity contribution in [1.29, 1.82) is 0 Å². The summed E-state index contributed by atoms with van der Waals surface area (Å²) >= 11 is 0. The molecule has 0 heterocycles. The van der Waals surface area contributed by atoms with Gasteiger partial charge in [0.25, 0.3) is 0 Å². The maximum atomic E-state index is 10.4. The maximum absolute atomic E-state index is 10.4. The van der Waals surface area contributed by atoms with Crippen LogP contribution in [0.1, 0.15) is 13.8 Å². The van der Waals surface area contributed by atoms with Gasteiger partial charge in [-0.05, 0) is 0 Å². The molecule has 0 fully saturated rings.